The van der Waals surface area contributed by atoms with E-state index in [4.69, 9.17) is 0 Å². The summed E-state index contributed by atoms with van der Waals surface area (Å²) >= 11 is 0. The molecular formula is C21H44O4S. The minimum absolute atomic E-state index is 0.161. The van der Waals surface area contributed by atoms with Crippen molar-refractivity contribution < 1.29 is 18.1 Å². The Labute approximate surface area is 162 Å². The maximum Gasteiger partial charge on any atom is 0.267 e. The maximum absolute atomic E-state index is 11.6. The molecule has 0 heterocycles. The van der Waals surface area contributed by atoms with Crippen LogP contribution < -0.4 is 0 Å². The van der Waals surface area contributed by atoms with Crippen LogP contribution in [0.5, 0.6) is 0 Å². The molecule has 2 atom stereocenters. The van der Waals surface area contributed by atoms with Crippen LogP contribution in [0.2, 0.25) is 0 Å². The van der Waals surface area contributed by atoms with Crippen LogP contribution in [-0.4, -0.2) is 29.4 Å². The highest BCUT2D eigenvalue weighted by Gasteiger charge is 2.21. The van der Waals surface area contributed by atoms with E-state index in [9.17, 15) is 18.1 Å². The molecule has 5 heteroatoms. The van der Waals surface area contributed by atoms with Crippen LogP contribution >= 0.6 is 0 Å². The van der Waals surface area contributed by atoms with E-state index in [-0.39, 0.29) is 6.10 Å². The van der Waals surface area contributed by atoms with E-state index in [0.717, 1.165) is 64.2 Å². The predicted octanol–water partition coefficient (Wildman–Crippen LogP) is 6.28. The maximum atomic E-state index is 11.6. The molecule has 0 aliphatic carbocycles. The fourth-order valence-corrected chi connectivity index (χ4v) is 4.46. The predicted molar refractivity (Wildman–Crippen MR) is 111 cm³/mol. The molecule has 0 aromatic rings. The van der Waals surface area contributed by atoms with Gasteiger partial charge in [-0.25, -0.2) is 0 Å². The van der Waals surface area contributed by atoms with E-state index in [2.05, 4.69) is 13.8 Å². The largest absolute Gasteiger partial charge is 0.393 e. The van der Waals surface area contributed by atoms with Gasteiger partial charge in [-0.3, -0.25) is 4.55 Å². The molecule has 26 heavy (non-hydrogen) atoms. The molecule has 158 valence electrons. The second-order valence-electron chi connectivity index (χ2n) is 7.83. The van der Waals surface area contributed by atoms with Crippen LogP contribution in [0.1, 0.15) is 123 Å². The summed E-state index contributed by atoms with van der Waals surface area (Å²) in [6.45, 7) is 4.29. The quantitative estimate of drug-likeness (QED) is 0.200. The molecule has 0 bridgehead atoms. The molecule has 0 aliphatic rings. The van der Waals surface area contributed by atoms with Crippen LogP contribution in [0.25, 0.3) is 0 Å². The molecule has 4 nitrogen and oxygen atoms in total. The van der Waals surface area contributed by atoms with Crippen molar-refractivity contribution in [2.45, 2.75) is 134 Å². The fourth-order valence-electron chi connectivity index (χ4n) is 3.53. The van der Waals surface area contributed by atoms with Gasteiger partial charge in [0.2, 0.25) is 0 Å². The Kier molecular flexibility index (Phi) is 16.9. The minimum atomic E-state index is -3.91. The third kappa shape index (κ3) is 16.1. The first-order chi connectivity index (χ1) is 12.4. The van der Waals surface area contributed by atoms with Gasteiger partial charge in [0.05, 0.1) is 11.4 Å². The summed E-state index contributed by atoms with van der Waals surface area (Å²) in [5.41, 5.74) is 0. The molecule has 0 aliphatic heterocycles. The van der Waals surface area contributed by atoms with Gasteiger partial charge in [-0.2, -0.15) is 8.42 Å². The van der Waals surface area contributed by atoms with Crippen molar-refractivity contribution in [1.29, 1.82) is 0 Å². The highest BCUT2D eigenvalue weighted by atomic mass is 32.2. The Morgan fingerprint density at radius 3 is 1.46 bits per heavy atom. The summed E-state index contributed by atoms with van der Waals surface area (Å²) in [6, 6.07) is 0. The van der Waals surface area contributed by atoms with Crippen LogP contribution in [-0.2, 0) is 10.1 Å². The molecule has 0 rings (SSSR count). The molecule has 0 saturated heterocycles. The molecule has 0 spiro atoms. The monoisotopic (exact) mass is 392 g/mol. The number of hydrogen-bond acceptors (Lipinski definition) is 3. The zero-order valence-electron chi connectivity index (χ0n) is 17.3. The van der Waals surface area contributed by atoms with Crippen LogP contribution in [0.3, 0.4) is 0 Å². The number of aliphatic hydroxyl groups excluding tert-OH is 1. The van der Waals surface area contributed by atoms with Crippen molar-refractivity contribution in [2.24, 2.45) is 0 Å². The highest BCUT2D eigenvalue weighted by molar-refractivity contribution is 7.86. The van der Waals surface area contributed by atoms with Gasteiger partial charge in [-0.1, -0.05) is 97.3 Å². The van der Waals surface area contributed by atoms with E-state index >= 15 is 0 Å². The minimum Gasteiger partial charge on any atom is -0.393 e. The lowest BCUT2D eigenvalue weighted by Crippen LogP contribution is -2.20. The van der Waals surface area contributed by atoms with Crippen LogP contribution in [0.15, 0.2) is 0 Å². The lowest BCUT2D eigenvalue weighted by molar-refractivity contribution is 0.150. The van der Waals surface area contributed by atoms with Crippen LogP contribution in [0, 0.1) is 0 Å². The van der Waals surface area contributed by atoms with Crippen molar-refractivity contribution in [3.05, 3.63) is 0 Å². The summed E-state index contributed by atoms with van der Waals surface area (Å²) < 4.78 is 32.6. The van der Waals surface area contributed by atoms with E-state index in [0.29, 0.717) is 12.8 Å². The summed E-state index contributed by atoms with van der Waals surface area (Å²) in [5, 5.41) is 9.10. The van der Waals surface area contributed by atoms with E-state index in [1.807, 2.05) is 0 Å². The zero-order valence-corrected chi connectivity index (χ0v) is 18.1. The average Bonchev–Trinajstić information content (AvgIpc) is 2.57. The molecular weight excluding hydrogens is 348 g/mol. The van der Waals surface area contributed by atoms with E-state index in [1.54, 1.807) is 0 Å². The molecule has 0 radical (unpaired) electrons. The molecule has 0 saturated carbocycles. The van der Waals surface area contributed by atoms with Crippen molar-refractivity contribution in [3.63, 3.8) is 0 Å². The summed E-state index contributed by atoms with van der Waals surface area (Å²) in [6.07, 6.45) is 17.0. The Morgan fingerprint density at radius 2 is 1.04 bits per heavy atom. The SMILES string of the molecule is CCCCCCCCCC(CCCCCCCC(O)CCC)S(=O)(=O)O. The van der Waals surface area contributed by atoms with Gasteiger partial charge in [0, 0.05) is 0 Å². The third-order valence-electron chi connectivity index (χ3n) is 5.24. The Balaban J connectivity index is 3.76. The molecule has 2 N–H and O–H groups in total. The van der Waals surface area contributed by atoms with Gasteiger partial charge in [-0.15, -0.1) is 0 Å². The fraction of sp³-hybridized carbons (Fsp3) is 1.00. The zero-order chi connectivity index (χ0) is 19.7. The van der Waals surface area contributed by atoms with Gasteiger partial charge in [-0.05, 0) is 25.7 Å². The average molecular weight is 393 g/mol. The first kappa shape index (κ1) is 25.9. The van der Waals surface area contributed by atoms with Crippen molar-refractivity contribution in [2.75, 3.05) is 0 Å². The molecule has 0 aromatic carbocycles. The number of unbranched alkanes of at least 4 members (excludes halogenated alkanes) is 10. The van der Waals surface area contributed by atoms with Crippen molar-refractivity contribution in [1.82, 2.24) is 0 Å². The Bertz CT molecular complexity index is 395. The first-order valence-corrected chi connectivity index (χ1v) is 12.6. The third-order valence-corrected chi connectivity index (χ3v) is 6.55. The van der Waals surface area contributed by atoms with Gasteiger partial charge < -0.3 is 5.11 Å². The van der Waals surface area contributed by atoms with E-state index < -0.39 is 15.4 Å². The first-order valence-electron chi connectivity index (χ1n) is 11.1. The van der Waals surface area contributed by atoms with Crippen LogP contribution in [0.4, 0.5) is 0 Å². The molecule has 0 fully saturated rings. The second-order valence-corrected chi connectivity index (χ2v) is 9.53. The number of aliphatic hydroxyl groups is 1. The van der Waals surface area contributed by atoms with Crippen molar-refractivity contribution >= 4 is 10.1 Å². The Hall–Kier alpha value is -0.130. The number of hydrogen-bond donors (Lipinski definition) is 2. The summed E-state index contributed by atoms with van der Waals surface area (Å²) in [5.74, 6) is 0. The molecule has 0 aromatic heterocycles. The second kappa shape index (κ2) is 17.0. The Morgan fingerprint density at radius 1 is 0.615 bits per heavy atom. The molecule has 2 unspecified atom stereocenters. The molecule has 0 amide bonds. The van der Waals surface area contributed by atoms with Crippen molar-refractivity contribution in [3.8, 4) is 0 Å². The van der Waals surface area contributed by atoms with Gasteiger partial charge in [0.1, 0.15) is 0 Å². The smallest absolute Gasteiger partial charge is 0.267 e. The lowest BCUT2D eigenvalue weighted by Gasteiger charge is -2.14. The highest BCUT2D eigenvalue weighted by Crippen LogP contribution is 2.19. The summed E-state index contributed by atoms with van der Waals surface area (Å²) in [4.78, 5) is 0. The van der Waals surface area contributed by atoms with E-state index in [1.165, 1.54) is 32.1 Å². The van der Waals surface area contributed by atoms with Gasteiger partial charge in [0.25, 0.3) is 10.1 Å². The topological polar surface area (TPSA) is 74.6 Å². The standard InChI is InChI=1S/C21H44O4S/c1-3-5-6-7-8-11-14-18-21(26(23,24)25)19-15-12-9-10-13-17-20(22)16-4-2/h20-22H,3-19H2,1-2H3,(H,23,24,25). The van der Waals surface area contributed by atoms with Gasteiger partial charge in [0.15, 0.2) is 0 Å². The number of rotatable bonds is 19. The lowest BCUT2D eigenvalue weighted by atomic mass is 10.0. The van der Waals surface area contributed by atoms with Gasteiger partial charge >= 0.3 is 0 Å². The summed E-state index contributed by atoms with van der Waals surface area (Å²) in [7, 11) is -3.91. The normalized spacial score (nSPS) is 14.5.